The lowest BCUT2D eigenvalue weighted by Gasteiger charge is -2.18. The number of carbonyl (C=O) groups excluding carboxylic acids is 1. The molecule has 2 N–H and O–H groups in total. The number of benzene rings is 2. The Morgan fingerprint density at radius 3 is 2.71 bits per heavy atom. The Morgan fingerprint density at radius 2 is 2.00 bits per heavy atom. The summed E-state index contributed by atoms with van der Waals surface area (Å²) in [6.07, 6.45) is 5.18. The van der Waals surface area contributed by atoms with Crippen molar-refractivity contribution in [1.29, 1.82) is 0 Å². The van der Waals surface area contributed by atoms with Gasteiger partial charge >= 0.3 is 0 Å². The first-order chi connectivity index (χ1) is 16.5. The largest absolute Gasteiger partial charge is 0.496 e. The summed E-state index contributed by atoms with van der Waals surface area (Å²) < 4.78 is 22.5. The Hall–Kier alpha value is -2.32. The predicted octanol–water partition coefficient (Wildman–Crippen LogP) is 4.61. The summed E-state index contributed by atoms with van der Waals surface area (Å²) in [5.41, 5.74) is 2.04. The van der Waals surface area contributed by atoms with Gasteiger partial charge in [-0.2, -0.15) is 0 Å². The Bertz CT molecular complexity index is 972. The van der Waals surface area contributed by atoms with Crippen molar-refractivity contribution in [3.8, 4) is 11.5 Å². The van der Waals surface area contributed by atoms with Gasteiger partial charge in [0.25, 0.3) is 5.91 Å². The normalized spacial score (nSPS) is 19.2. The van der Waals surface area contributed by atoms with Gasteiger partial charge < -0.3 is 29.4 Å². The summed E-state index contributed by atoms with van der Waals surface area (Å²) in [5.74, 6) is 1.05. The minimum absolute atomic E-state index is 0.222. The minimum Gasteiger partial charge on any atom is -0.496 e. The monoisotopic (exact) mass is 489 g/mol. The molecule has 2 aromatic rings. The lowest BCUT2D eigenvalue weighted by molar-refractivity contribution is -0.171. The van der Waals surface area contributed by atoms with E-state index in [0.29, 0.717) is 28.7 Å². The first-order valence-electron chi connectivity index (χ1n) is 11.8. The number of nitrogens with one attached hydrogen (secondary N) is 1. The van der Waals surface area contributed by atoms with Crippen LogP contribution >= 0.6 is 11.6 Å². The first kappa shape index (κ1) is 24.8. The Labute approximate surface area is 205 Å². The van der Waals surface area contributed by atoms with E-state index in [1.165, 1.54) is 12.8 Å². The van der Waals surface area contributed by atoms with Gasteiger partial charge in [-0.05, 0) is 74.4 Å². The van der Waals surface area contributed by atoms with Gasteiger partial charge in [0, 0.05) is 18.7 Å². The summed E-state index contributed by atoms with van der Waals surface area (Å²) in [6, 6.07) is 10.8. The number of halogens is 1. The molecule has 1 aliphatic heterocycles. The molecule has 184 valence electrons. The molecule has 0 aromatic heterocycles. The van der Waals surface area contributed by atoms with Crippen molar-refractivity contribution < 1.29 is 28.8 Å². The van der Waals surface area contributed by atoms with Gasteiger partial charge in [0.15, 0.2) is 6.29 Å². The van der Waals surface area contributed by atoms with Crippen LogP contribution in [-0.2, 0) is 22.6 Å². The Kier molecular flexibility index (Phi) is 8.67. The molecule has 1 amide bonds. The van der Waals surface area contributed by atoms with E-state index in [-0.39, 0.29) is 31.3 Å². The highest BCUT2D eigenvalue weighted by Gasteiger charge is 2.24. The van der Waals surface area contributed by atoms with Gasteiger partial charge in [0.05, 0.1) is 30.4 Å². The fourth-order valence-corrected chi connectivity index (χ4v) is 4.66. The quantitative estimate of drug-likeness (QED) is 0.474. The second-order valence-electron chi connectivity index (χ2n) is 8.75. The van der Waals surface area contributed by atoms with E-state index < -0.39 is 6.29 Å². The highest BCUT2D eigenvalue weighted by Crippen LogP contribution is 2.28. The summed E-state index contributed by atoms with van der Waals surface area (Å²) in [5, 5.41) is 13.4. The molecule has 2 atom stereocenters. The van der Waals surface area contributed by atoms with Crippen molar-refractivity contribution in [3.63, 3.8) is 0 Å². The fourth-order valence-electron chi connectivity index (χ4n) is 4.40. The number of amides is 1. The molecule has 2 aliphatic rings. The lowest BCUT2D eigenvalue weighted by Crippen LogP contribution is -2.27. The predicted molar refractivity (Wildman–Crippen MR) is 128 cm³/mol. The van der Waals surface area contributed by atoms with E-state index >= 15 is 0 Å². The molecule has 1 heterocycles. The molecule has 8 heteroatoms. The van der Waals surface area contributed by atoms with Crippen molar-refractivity contribution in [2.24, 2.45) is 0 Å². The molecule has 1 saturated carbocycles. The number of aliphatic hydroxyl groups is 1. The van der Waals surface area contributed by atoms with E-state index in [0.717, 1.165) is 36.8 Å². The number of rotatable bonds is 10. The van der Waals surface area contributed by atoms with Crippen LogP contribution in [0.3, 0.4) is 0 Å². The van der Waals surface area contributed by atoms with Crippen LogP contribution in [0.4, 0.5) is 0 Å². The third-order valence-corrected chi connectivity index (χ3v) is 6.59. The SMILES string of the molecule is COc1ccc(COC(O)C2CCCO2)cc1CNC(=O)c1ccc(OC2CCCC2)cc1Cl. The molecule has 2 fully saturated rings. The van der Waals surface area contributed by atoms with Gasteiger partial charge in [-0.3, -0.25) is 4.79 Å². The van der Waals surface area contributed by atoms with Crippen LogP contribution < -0.4 is 14.8 Å². The number of hydrogen-bond donors (Lipinski definition) is 2. The number of carbonyl (C=O) groups is 1. The zero-order chi connectivity index (χ0) is 23.9. The molecule has 0 radical (unpaired) electrons. The van der Waals surface area contributed by atoms with Crippen LogP contribution in [-0.4, -0.2) is 43.2 Å². The van der Waals surface area contributed by atoms with Crippen LogP contribution in [0.2, 0.25) is 5.02 Å². The number of hydrogen-bond acceptors (Lipinski definition) is 6. The molecule has 1 saturated heterocycles. The second kappa shape index (κ2) is 11.9. The maximum absolute atomic E-state index is 12.8. The van der Waals surface area contributed by atoms with Crippen LogP contribution in [0.5, 0.6) is 11.5 Å². The van der Waals surface area contributed by atoms with Crippen LogP contribution in [0.25, 0.3) is 0 Å². The highest BCUT2D eigenvalue weighted by molar-refractivity contribution is 6.34. The average molecular weight is 490 g/mol. The van der Waals surface area contributed by atoms with Gasteiger partial charge in [0.2, 0.25) is 0 Å². The van der Waals surface area contributed by atoms with E-state index in [1.54, 1.807) is 25.3 Å². The van der Waals surface area contributed by atoms with Crippen LogP contribution in [0, 0.1) is 0 Å². The topological polar surface area (TPSA) is 86.3 Å². The standard InChI is InChI=1S/C26H32ClNO6/c1-31-23-11-8-17(16-33-26(30)24-7-4-12-32-24)13-18(23)15-28-25(29)21-10-9-20(14-22(21)27)34-19-5-2-3-6-19/h8-11,13-14,19,24,26,30H,2-7,12,15-16H2,1H3,(H,28,29). The van der Waals surface area contributed by atoms with Crippen molar-refractivity contribution in [2.75, 3.05) is 13.7 Å². The smallest absolute Gasteiger partial charge is 0.253 e. The number of ether oxygens (including phenoxy) is 4. The van der Waals surface area contributed by atoms with Crippen molar-refractivity contribution in [1.82, 2.24) is 5.32 Å². The Balaban J connectivity index is 1.35. The molecule has 0 bridgehead atoms. The third kappa shape index (κ3) is 6.42. The number of methoxy groups -OCH3 is 1. The molecule has 0 spiro atoms. The number of aliphatic hydroxyl groups excluding tert-OH is 1. The zero-order valence-electron chi connectivity index (χ0n) is 19.4. The van der Waals surface area contributed by atoms with Crippen molar-refractivity contribution in [3.05, 3.63) is 58.1 Å². The fraction of sp³-hybridized carbons (Fsp3) is 0.500. The first-order valence-corrected chi connectivity index (χ1v) is 12.2. The van der Waals surface area contributed by atoms with Gasteiger partial charge in [0.1, 0.15) is 17.6 Å². The third-order valence-electron chi connectivity index (χ3n) is 6.28. The molecule has 7 nitrogen and oxygen atoms in total. The van der Waals surface area contributed by atoms with Gasteiger partial charge in [-0.25, -0.2) is 0 Å². The van der Waals surface area contributed by atoms with E-state index in [4.69, 9.17) is 30.5 Å². The molecule has 2 unspecified atom stereocenters. The summed E-state index contributed by atoms with van der Waals surface area (Å²) in [6.45, 7) is 1.12. The lowest BCUT2D eigenvalue weighted by atomic mass is 10.1. The van der Waals surface area contributed by atoms with Crippen LogP contribution in [0.15, 0.2) is 36.4 Å². The van der Waals surface area contributed by atoms with E-state index in [1.807, 2.05) is 18.2 Å². The van der Waals surface area contributed by atoms with Crippen molar-refractivity contribution in [2.45, 2.75) is 70.2 Å². The van der Waals surface area contributed by atoms with Crippen molar-refractivity contribution >= 4 is 17.5 Å². The molecule has 2 aromatic carbocycles. The minimum atomic E-state index is -0.962. The maximum atomic E-state index is 12.8. The van der Waals surface area contributed by atoms with E-state index in [2.05, 4.69) is 5.32 Å². The zero-order valence-corrected chi connectivity index (χ0v) is 20.2. The summed E-state index contributed by atoms with van der Waals surface area (Å²) >= 11 is 6.38. The molecular formula is C26H32ClNO6. The summed E-state index contributed by atoms with van der Waals surface area (Å²) in [4.78, 5) is 12.8. The summed E-state index contributed by atoms with van der Waals surface area (Å²) in [7, 11) is 1.58. The molecule has 4 rings (SSSR count). The van der Waals surface area contributed by atoms with Gasteiger partial charge in [-0.1, -0.05) is 17.7 Å². The Morgan fingerprint density at radius 1 is 1.18 bits per heavy atom. The van der Waals surface area contributed by atoms with Gasteiger partial charge in [-0.15, -0.1) is 0 Å². The molecule has 1 aliphatic carbocycles. The second-order valence-corrected chi connectivity index (χ2v) is 9.16. The van der Waals surface area contributed by atoms with Crippen LogP contribution in [0.1, 0.15) is 60.0 Å². The average Bonchev–Trinajstić information content (AvgIpc) is 3.56. The molecular weight excluding hydrogens is 458 g/mol. The maximum Gasteiger partial charge on any atom is 0.253 e. The molecule has 34 heavy (non-hydrogen) atoms. The van der Waals surface area contributed by atoms with E-state index in [9.17, 15) is 9.90 Å². The highest BCUT2D eigenvalue weighted by atomic mass is 35.5.